The third kappa shape index (κ3) is 3.16. The lowest BCUT2D eigenvalue weighted by Gasteiger charge is -2.01. The van der Waals surface area contributed by atoms with Crippen LogP contribution in [0.1, 0.15) is 33.6 Å². The number of hydrogen-bond donors (Lipinski definition) is 0. The van der Waals surface area contributed by atoms with Crippen LogP contribution in [0, 0.1) is 0 Å². The molecule has 0 unspecified atom stereocenters. The van der Waals surface area contributed by atoms with Crippen molar-refractivity contribution >= 4 is 11.8 Å². The zero-order chi connectivity index (χ0) is 8.85. The molecular formula is C8H14O3. The SMILES string of the molecule is CC.CC(=O)[C@@H]1CCC(=O)O1. The fourth-order valence-electron chi connectivity index (χ4n) is 0.812. The van der Waals surface area contributed by atoms with E-state index >= 15 is 0 Å². The normalized spacial score (nSPS) is 21.7. The predicted octanol–water partition coefficient (Wildman–Crippen LogP) is 1.31. The van der Waals surface area contributed by atoms with Crippen LogP contribution in [0.2, 0.25) is 0 Å². The van der Waals surface area contributed by atoms with Gasteiger partial charge in [-0.3, -0.25) is 9.59 Å². The summed E-state index contributed by atoms with van der Waals surface area (Å²) in [4.78, 5) is 20.9. The van der Waals surface area contributed by atoms with Gasteiger partial charge < -0.3 is 4.74 Å². The summed E-state index contributed by atoms with van der Waals surface area (Å²) in [7, 11) is 0. The van der Waals surface area contributed by atoms with Crippen molar-refractivity contribution in [1.29, 1.82) is 0 Å². The maximum atomic E-state index is 10.5. The van der Waals surface area contributed by atoms with Crippen molar-refractivity contribution < 1.29 is 14.3 Å². The molecule has 0 aromatic rings. The van der Waals surface area contributed by atoms with Crippen LogP contribution in [-0.4, -0.2) is 17.9 Å². The van der Waals surface area contributed by atoms with Crippen molar-refractivity contribution in [2.45, 2.75) is 39.7 Å². The molecule has 1 atom stereocenters. The van der Waals surface area contributed by atoms with E-state index in [1.54, 1.807) is 0 Å². The summed E-state index contributed by atoms with van der Waals surface area (Å²) < 4.78 is 4.63. The van der Waals surface area contributed by atoms with Crippen molar-refractivity contribution in [1.82, 2.24) is 0 Å². The van der Waals surface area contributed by atoms with Crippen LogP contribution in [0.25, 0.3) is 0 Å². The number of ether oxygens (including phenoxy) is 1. The second-order valence-electron chi connectivity index (χ2n) is 2.13. The Morgan fingerprint density at radius 2 is 2.09 bits per heavy atom. The molecule has 0 radical (unpaired) electrons. The molecule has 3 nitrogen and oxygen atoms in total. The van der Waals surface area contributed by atoms with Crippen molar-refractivity contribution in [3.05, 3.63) is 0 Å². The third-order valence-corrected chi connectivity index (χ3v) is 1.34. The summed E-state index contributed by atoms with van der Waals surface area (Å²) in [6.07, 6.45) is 0.510. The summed E-state index contributed by atoms with van der Waals surface area (Å²) in [6.45, 7) is 5.43. The molecule has 0 saturated carbocycles. The lowest BCUT2D eigenvalue weighted by molar-refractivity contribution is -0.146. The Morgan fingerprint density at radius 3 is 2.27 bits per heavy atom. The number of carbonyl (C=O) groups is 2. The van der Waals surface area contributed by atoms with Gasteiger partial charge in [-0.2, -0.15) is 0 Å². The van der Waals surface area contributed by atoms with Gasteiger partial charge in [-0.25, -0.2) is 0 Å². The fourth-order valence-corrected chi connectivity index (χ4v) is 0.812. The molecule has 1 aliphatic rings. The first kappa shape index (κ1) is 10.1. The Morgan fingerprint density at radius 1 is 1.55 bits per heavy atom. The van der Waals surface area contributed by atoms with Crippen LogP contribution in [0.15, 0.2) is 0 Å². The zero-order valence-corrected chi connectivity index (χ0v) is 7.22. The Hall–Kier alpha value is -0.860. The summed E-state index contributed by atoms with van der Waals surface area (Å²) >= 11 is 0. The molecule has 0 bridgehead atoms. The van der Waals surface area contributed by atoms with Crippen LogP contribution in [-0.2, 0) is 14.3 Å². The van der Waals surface area contributed by atoms with E-state index in [-0.39, 0.29) is 11.8 Å². The highest BCUT2D eigenvalue weighted by Crippen LogP contribution is 2.13. The van der Waals surface area contributed by atoms with Crippen LogP contribution in [0.3, 0.4) is 0 Å². The first-order valence-electron chi connectivity index (χ1n) is 3.90. The Labute approximate surface area is 66.7 Å². The third-order valence-electron chi connectivity index (χ3n) is 1.34. The van der Waals surface area contributed by atoms with E-state index in [1.165, 1.54) is 6.92 Å². The smallest absolute Gasteiger partial charge is 0.306 e. The van der Waals surface area contributed by atoms with E-state index in [9.17, 15) is 9.59 Å². The Bertz CT molecular complexity index is 151. The molecule has 1 fully saturated rings. The highest BCUT2D eigenvalue weighted by molar-refractivity contribution is 5.86. The maximum Gasteiger partial charge on any atom is 0.306 e. The molecule has 0 aliphatic carbocycles. The topological polar surface area (TPSA) is 43.4 Å². The number of Topliss-reactive ketones (excluding diaryl/α,β-unsaturated/α-hetero) is 1. The number of carbonyl (C=O) groups excluding carboxylic acids is 2. The van der Waals surface area contributed by atoms with Crippen LogP contribution < -0.4 is 0 Å². The summed E-state index contributed by atoms with van der Waals surface area (Å²) in [5, 5.41) is 0. The first-order chi connectivity index (χ1) is 5.20. The first-order valence-corrected chi connectivity index (χ1v) is 3.90. The highest BCUT2D eigenvalue weighted by atomic mass is 16.6. The average Bonchev–Trinajstić information content (AvgIpc) is 2.40. The van der Waals surface area contributed by atoms with E-state index in [0.717, 1.165) is 0 Å². The molecule has 0 aromatic heterocycles. The Kier molecular flexibility index (Phi) is 4.50. The molecule has 1 heterocycles. The molecule has 3 heteroatoms. The van der Waals surface area contributed by atoms with Crippen LogP contribution >= 0.6 is 0 Å². The summed E-state index contributed by atoms with van der Waals surface area (Å²) in [6, 6.07) is 0. The number of ketones is 1. The highest BCUT2D eigenvalue weighted by Gasteiger charge is 2.26. The molecule has 1 aliphatic heterocycles. The van der Waals surface area contributed by atoms with Gasteiger partial charge in [0.05, 0.1) is 0 Å². The van der Waals surface area contributed by atoms with E-state index in [4.69, 9.17) is 0 Å². The van der Waals surface area contributed by atoms with Gasteiger partial charge in [-0.15, -0.1) is 0 Å². The summed E-state index contributed by atoms with van der Waals surface area (Å²) in [5.41, 5.74) is 0. The molecule has 0 spiro atoms. The summed E-state index contributed by atoms with van der Waals surface area (Å²) in [5.74, 6) is -0.309. The lowest BCUT2D eigenvalue weighted by Crippen LogP contribution is -2.16. The molecule has 0 aromatic carbocycles. The van der Waals surface area contributed by atoms with E-state index in [0.29, 0.717) is 12.8 Å². The van der Waals surface area contributed by atoms with Gasteiger partial charge in [0.25, 0.3) is 0 Å². The van der Waals surface area contributed by atoms with Crippen LogP contribution in [0.5, 0.6) is 0 Å². The minimum atomic E-state index is -0.447. The average molecular weight is 158 g/mol. The van der Waals surface area contributed by atoms with Gasteiger partial charge in [-0.1, -0.05) is 13.8 Å². The number of cyclic esters (lactones) is 1. The van der Waals surface area contributed by atoms with E-state index in [2.05, 4.69) is 4.74 Å². The van der Waals surface area contributed by atoms with Crippen molar-refractivity contribution in [3.8, 4) is 0 Å². The van der Waals surface area contributed by atoms with Crippen LogP contribution in [0.4, 0.5) is 0 Å². The van der Waals surface area contributed by atoms with Crippen molar-refractivity contribution in [3.63, 3.8) is 0 Å². The second kappa shape index (κ2) is 4.88. The number of esters is 1. The quantitative estimate of drug-likeness (QED) is 0.540. The lowest BCUT2D eigenvalue weighted by atomic mass is 10.2. The molecule has 1 saturated heterocycles. The van der Waals surface area contributed by atoms with E-state index < -0.39 is 6.10 Å². The minimum absolute atomic E-state index is 0.0548. The minimum Gasteiger partial charge on any atom is -0.454 e. The molecule has 11 heavy (non-hydrogen) atoms. The molecule has 1 rings (SSSR count). The zero-order valence-electron chi connectivity index (χ0n) is 7.22. The van der Waals surface area contributed by atoms with E-state index in [1.807, 2.05) is 13.8 Å². The molecular weight excluding hydrogens is 144 g/mol. The molecule has 0 amide bonds. The number of rotatable bonds is 1. The van der Waals surface area contributed by atoms with Gasteiger partial charge in [0.2, 0.25) is 0 Å². The predicted molar refractivity (Wildman–Crippen MR) is 41.1 cm³/mol. The number of hydrogen-bond acceptors (Lipinski definition) is 3. The standard InChI is InChI=1S/C6H8O3.C2H6/c1-4(7)5-2-3-6(8)9-5;1-2/h5H,2-3H2,1H3;1-2H3/t5-;/m0./s1. The largest absolute Gasteiger partial charge is 0.454 e. The maximum absolute atomic E-state index is 10.5. The van der Waals surface area contributed by atoms with Crippen molar-refractivity contribution in [2.24, 2.45) is 0 Å². The molecule has 64 valence electrons. The van der Waals surface area contributed by atoms with Gasteiger partial charge >= 0.3 is 5.97 Å². The van der Waals surface area contributed by atoms with Gasteiger partial charge in [0.15, 0.2) is 11.9 Å². The van der Waals surface area contributed by atoms with Crippen molar-refractivity contribution in [2.75, 3.05) is 0 Å². The van der Waals surface area contributed by atoms with Gasteiger partial charge in [0.1, 0.15) is 0 Å². The monoisotopic (exact) mass is 158 g/mol. The van der Waals surface area contributed by atoms with Gasteiger partial charge in [-0.05, 0) is 6.92 Å². The fraction of sp³-hybridized carbons (Fsp3) is 0.750. The Balaban J connectivity index is 0.000000461. The molecule has 0 N–H and O–H groups in total. The van der Waals surface area contributed by atoms with Gasteiger partial charge in [0, 0.05) is 12.8 Å². The second-order valence-corrected chi connectivity index (χ2v) is 2.13.